The SMILES string of the molecule is Cc1cccc(-c2cc(-c3nc(-c4ccccc4)nc(-c4ccccc4)n3)cc(-c3cccc(C(F)(F)F)c3)c2-n2c3ccc(-c4ccc(C)cc4C)cc3c3cc(-c4ccc(C)cc4C)ccc32)c1.Cc1cccc(-c2cc(-c3nc(-c4ccccc4)nc(-c4ccccc4)n3)cc(-c3cccc(C(F)(F)F)c3)c2-n2c3ccccc3c3cc(-c4ccc(C)cc4C)ccc32)c1. The minimum absolute atomic E-state index is 0.389. The monoisotopic (exact) mass is 1730 g/mol. The minimum atomic E-state index is -4.58. The highest BCUT2D eigenvalue weighted by Gasteiger charge is 2.34. The lowest BCUT2D eigenvalue weighted by Gasteiger charge is -2.22. The predicted octanol–water partition coefficient (Wildman–Crippen LogP) is 32.1. The maximum Gasteiger partial charge on any atom is 0.416 e. The van der Waals surface area contributed by atoms with Crippen molar-refractivity contribution in [3.05, 3.63) is 432 Å². The van der Waals surface area contributed by atoms with Gasteiger partial charge in [-0.25, -0.2) is 29.9 Å². The zero-order chi connectivity index (χ0) is 90.8. The van der Waals surface area contributed by atoms with Crippen molar-refractivity contribution in [1.82, 2.24) is 39.0 Å². The first kappa shape index (κ1) is 84.1. The van der Waals surface area contributed by atoms with E-state index < -0.39 is 23.5 Å². The first-order valence-corrected chi connectivity index (χ1v) is 43.9. The molecule has 0 radical (unpaired) electrons. The van der Waals surface area contributed by atoms with E-state index in [4.69, 9.17) is 29.9 Å². The third kappa shape index (κ3) is 16.5. The summed E-state index contributed by atoms with van der Waals surface area (Å²) in [5, 5.41) is 4.10. The third-order valence-corrected chi connectivity index (χ3v) is 24.8. The van der Waals surface area contributed by atoms with Gasteiger partial charge >= 0.3 is 12.4 Å². The summed E-state index contributed by atoms with van der Waals surface area (Å²) in [5.74, 6) is 2.71. The summed E-state index contributed by atoms with van der Waals surface area (Å²) in [6, 6.07) is 122. The van der Waals surface area contributed by atoms with Crippen molar-refractivity contribution in [2.24, 2.45) is 0 Å². The molecule has 0 aliphatic heterocycles. The van der Waals surface area contributed by atoms with E-state index in [0.29, 0.717) is 68.3 Å². The average Bonchev–Trinajstić information content (AvgIpc) is 1.55. The van der Waals surface area contributed by atoms with E-state index >= 15 is 0 Å². The van der Waals surface area contributed by atoms with Gasteiger partial charge in [0.1, 0.15) is 0 Å². The van der Waals surface area contributed by atoms with E-state index in [2.05, 4.69) is 221 Å². The molecule has 0 amide bonds. The van der Waals surface area contributed by atoms with Crippen LogP contribution in [-0.2, 0) is 12.4 Å². The van der Waals surface area contributed by atoms with Crippen LogP contribution < -0.4 is 0 Å². The van der Waals surface area contributed by atoms with Gasteiger partial charge in [-0.1, -0.05) is 313 Å². The van der Waals surface area contributed by atoms with E-state index in [1.165, 1.54) is 57.6 Å². The summed E-state index contributed by atoms with van der Waals surface area (Å²) in [5.41, 5.74) is 29.4. The Morgan fingerprint density at radius 2 is 0.432 bits per heavy atom. The van der Waals surface area contributed by atoms with Crippen LogP contribution in [0.2, 0.25) is 0 Å². The molecule has 0 saturated carbocycles. The molecule has 14 heteroatoms. The number of alkyl halides is 6. The van der Waals surface area contributed by atoms with Crippen LogP contribution in [0.4, 0.5) is 26.3 Å². The summed E-state index contributed by atoms with van der Waals surface area (Å²) < 4.78 is 92.8. The lowest BCUT2D eigenvalue weighted by atomic mass is 9.91. The molecule has 0 aliphatic rings. The Balaban J connectivity index is 0.000000166. The largest absolute Gasteiger partial charge is 0.416 e. The molecule has 640 valence electrons. The third-order valence-electron chi connectivity index (χ3n) is 24.8. The molecular formula is C118H86F6N8. The molecule has 0 N–H and O–H groups in total. The smallest absolute Gasteiger partial charge is 0.308 e. The van der Waals surface area contributed by atoms with E-state index in [1.807, 2.05) is 171 Å². The van der Waals surface area contributed by atoms with Gasteiger partial charge in [-0.3, -0.25) is 0 Å². The Hall–Kier alpha value is -16.1. The lowest BCUT2D eigenvalue weighted by Crippen LogP contribution is -2.06. The van der Waals surface area contributed by atoms with Crippen molar-refractivity contribution < 1.29 is 26.3 Å². The molecule has 0 saturated heterocycles. The Morgan fingerprint density at radius 3 is 0.735 bits per heavy atom. The van der Waals surface area contributed by atoms with Crippen LogP contribution in [0.1, 0.15) is 55.6 Å². The van der Waals surface area contributed by atoms with E-state index in [1.54, 1.807) is 12.1 Å². The molecule has 8 nitrogen and oxygen atoms in total. The van der Waals surface area contributed by atoms with Gasteiger partial charge in [0.15, 0.2) is 34.9 Å². The number of para-hydroxylation sites is 1. The number of halogens is 6. The standard InChI is InChI=1S/C63H47F3N4.C55H39F3N4/c1-38-14-12-19-45(32-38)53-36-49(62-68-60(43-15-8-6-9-16-43)67-61(69-62)44-17-10-7-11-18-44)37-54(46-20-13-21-50(33-46)63(64,65)66)59(53)70-57-28-24-47(51-26-22-39(2)30-41(51)4)34-55(57)56-35-48(25-29-58(56)70)52-27-23-40(3)31-42(52)5;1-34-14-12-19-39(29-34)46-32-42(54-60-52(37-15-6-4-7-16-37)59-53(61-54)38-17-8-5-9-18-38)33-47(40-20-13-21-43(30-40)55(56,57)58)51(46)62-49-23-11-10-22-45(49)48-31-41(25-27-50(48)62)44-26-24-35(2)28-36(44)3/h6-37H,1-5H3;4-33H,1-3H3. The topological polar surface area (TPSA) is 87.2 Å². The van der Waals surface area contributed by atoms with Crippen molar-refractivity contribution >= 4 is 43.6 Å². The van der Waals surface area contributed by atoms with Crippen molar-refractivity contribution in [1.29, 1.82) is 0 Å². The number of hydrogen-bond donors (Lipinski definition) is 0. The Labute approximate surface area is 761 Å². The molecule has 0 bridgehead atoms. The first-order valence-electron chi connectivity index (χ1n) is 43.9. The van der Waals surface area contributed by atoms with Gasteiger partial charge in [0.25, 0.3) is 0 Å². The van der Waals surface area contributed by atoms with Crippen LogP contribution in [0.15, 0.2) is 376 Å². The van der Waals surface area contributed by atoms with E-state index in [9.17, 15) is 26.3 Å². The van der Waals surface area contributed by atoms with Crippen molar-refractivity contribution in [3.63, 3.8) is 0 Å². The first-order chi connectivity index (χ1) is 63.9. The average molecular weight is 1730 g/mol. The second-order valence-electron chi connectivity index (χ2n) is 34.2. The van der Waals surface area contributed by atoms with Crippen LogP contribution in [0, 0.1) is 55.4 Å². The minimum Gasteiger partial charge on any atom is -0.308 e. The van der Waals surface area contributed by atoms with Crippen LogP contribution in [-0.4, -0.2) is 39.0 Å². The van der Waals surface area contributed by atoms with Gasteiger partial charge in [-0.05, 0) is 219 Å². The number of nitrogens with zero attached hydrogens (tertiary/aromatic N) is 8. The molecule has 0 unspecified atom stereocenters. The number of fused-ring (bicyclic) bond motifs is 6. The van der Waals surface area contributed by atoms with Crippen molar-refractivity contribution in [3.8, 4) is 158 Å². The molecular weight excluding hydrogens is 1640 g/mol. The Morgan fingerprint density at radius 1 is 0.182 bits per heavy atom. The highest BCUT2D eigenvalue weighted by molar-refractivity contribution is 6.15. The fourth-order valence-electron chi connectivity index (χ4n) is 18.5. The Kier molecular flexibility index (Phi) is 22.0. The fraction of sp³-hybridized carbons (Fsp3) is 0.0847. The molecule has 0 atom stereocenters. The molecule has 0 fully saturated rings. The fourth-order valence-corrected chi connectivity index (χ4v) is 18.5. The summed E-state index contributed by atoms with van der Waals surface area (Å²) in [6.07, 6.45) is -9.15. The zero-order valence-electron chi connectivity index (χ0n) is 73.6. The van der Waals surface area contributed by atoms with Gasteiger partial charge in [0, 0.05) is 77.2 Å². The second-order valence-corrected chi connectivity index (χ2v) is 34.2. The zero-order valence-corrected chi connectivity index (χ0v) is 73.6. The molecule has 0 spiro atoms. The van der Waals surface area contributed by atoms with Crippen LogP contribution in [0.5, 0.6) is 0 Å². The van der Waals surface area contributed by atoms with Gasteiger partial charge in [-0.15, -0.1) is 0 Å². The van der Waals surface area contributed by atoms with Crippen LogP contribution >= 0.6 is 0 Å². The number of rotatable bonds is 15. The highest BCUT2D eigenvalue weighted by atomic mass is 19.4. The lowest BCUT2D eigenvalue weighted by molar-refractivity contribution is -0.138. The summed E-state index contributed by atoms with van der Waals surface area (Å²) in [4.78, 5) is 30.3. The summed E-state index contributed by atoms with van der Waals surface area (Å²) >= 11 is 0. The number of benzene rings is 17. The van der Waals surface area contributed by atoms with E-state index in [-0.39, 0.29) is 0 Å². The summed E-state index contributed by atoms with van der Waals surface area (Å²) in [7, 11) is 0. The quantitative estimate of drug-likeness (QED) is 0.0951. The normalized spacial score (nSPS) is 11.7. The van der Waals surface area contributed by atoms with Gasteiger partial charge in [0.2, 0.25) is 0 Å². The highest BCUT2D eigenvalue weighted by Crippen LogP contribution is 2.50. The van der Waals surface area contributed by atoms with Gasteiger partial charge < -0.3 is 9.13 Å². The Bertz CT molecular complexity index is 7850. The maximum absolute atomic E-state index is 14.8. The predicted molar refractivity (Wildman–Crippen MR) is 527 cm³/mol. The molecule has 21 rings (SSSR count). The maximum atomic E-state index is 14.8. The number of aromatic nitrogens is 8. The number of hydrogen-bond acceptors (Lipinski definition) is 6. The van der Waals surface area contributed by atoms with Gasteiger partial charge in [-0.2, -0.15) is 26.3 Å². The molecule has 132 heavy (non-hydrogen) atoms. The van der Waals surface area contributed by atoms with Crippen molar-refractivity contribution in [2.45, 2.75) is 67.7 Å². The van der Waals surface area contributed by atoms with Gasteiger partial charge in [0.05, 0.1) is 44.6 Å². The molecule has 0 aliphatic carbocycles. The van der Waals surface area contributed by atoms with Crippen LogP contribution in [0.3, 0.4) is 0 Å². The summed E-state index contributed by atoms with van der Waals surface area (Å²) in [6.45, 7) is 16.8. The molecule has 17 aromatic carbocycles. The van der Waals surface area contributed by atoms with E-state index in [0.717, 1.165) is 156 Å². The second kappa shape index (κ2) is 34.5. The number of aryl methyl sites for hydroxylation is 8. The van der Waals surface area contributed by atoms with Crippen molar-refractivity contribution in [2.75, 3.05) is 0 Å². The van der Waals surface area contributed by atoms with Crippen LogP contribution in [0.25, 0.3) is 201 Å². The molecule has 4 heterocycles. The molecule has 21 aromatic rings. The molecule has 4 aromatic heterocycles.